The molecule has 1 rings (SSSR count). The van der Waals surface area contributed by atoms with Crippen LogP contribution in [0.4, 0.5) is 5.69 Å². The summed E-state index contributed by atoms with van der Waals surface area (Å²) in [4.78, 5) is 14.2. The maximum Gasteiger partial charge on any atom is 0.326 e. The molecule has 0 bridgehead atoms. The van der Waals surface area contributed by atoms with Crippen LogP contribution in [0.1, 0.15) is 0 Å². The van der Waals surface area contributed by atoms with Crippen molar-refractivity contribution < 1.29 is 4.79 Å². The Bertz CT molecular complexity index is 288. The molecule has 0 unspecified atom stereocenters. The fraction of sp³-hybridized carbons (Fsp3) is 0. The first kappa shape index (κ1) is 7.22. The summed E-state index contributed by atoms with van der Waals surface area (Å²) >= 11 is 0. The summed E-state index contributed by atoms with van der Waals surface area (Å²) in [6.45, 7) is 0. The van der Waals surface area contributed by atoms with Gasteiger partial charge in [-0.05, 0) is 12.1 Å². The minimum Gasteiger partial charge on any atom is -0.312 e. The summed E-state index contributed by atoms with van der Waals surface area (Å²) in [6.07, 6.45) is 3.05. The minimum absolute atomic E-state index is 0.527. The molecule has 1 N–H and O–H groups in total. The summed E-state index contributed by atoms with van der Waals surface area (Å²) in [7, 11) is 0. The molecule has 0 spiro atoms. The van der Waals surface area contributed by atoms with Crippen LogP contribution in [0.15, 0.2) is 24.5 Å². The molecule has 0 radical (unpaired) electrons. The molecule has 0 saturated heterocycles. The van der Waals surface area contributed by atoms with E-state index in [-0.39, 0.29) is 0 Å². The zero-order valence-corrected chi connectivity index (χ0v) is 5.61. The van der Waals surface area contributed by atoms with E-state index in [4.69, 9.17) is 5.26 Å². The van der Waals surface area contributed by atoms with Crippen LogP contribution in [-0.2, 0) is 4.79 Å². The van der Waals surface area contributed by atoms with Crippen LogP contribution >= 0.6 is 0 Å². The Balaban J connectivity index is 2.67. The zero-order chi connectivity index (χ0) is 8.10. The molecule has 0 saturated carbocycles. The molecular weight excluding hydrogens is 142 g/mol. The average molecular weight is 147 g/mol. The topological polar surface area (TPSA) is 65.8 Å². The van der Waals surface area contributed by atoms with Crippen LogP contribution in [-0.4, -0.2) is 10.9 Å². The van der Waals surface area contributed by atoms with Crippen LogP contribution < -0.4 is 5.32 Å². The standard InChI is InChI=1S/C7H5N3O/c8-4-7(11)10-6-2-1-3-9-5-6/h1-3,5H,(H,10,11). The maximum absolute atomic E-state index is 10.5. The van der Waals surface area contributed by atoms with E-state index >= 15 is 0 Å². The first-order chi connectivity index (χ1) is 5.33. The van der Waals surface area contributed by atoms with Crippen LogP contribution in [0.5, 0.6) is 0 Å². The predicted octanol–water partition coefficient (Wildman–Crippen LogP) is 0.544. The highest BCUT2D eigenvalue weighted by Gasteiger charge is 1.96. The molecule has 1 amide bonds. The molecular formula is C7H5N3O. The number of aromatic nitrogens is 1. The van der Waals surface area contributed by atoms with Gasteiger partial charge in [-0.1, -0.05) is 0 Å². The molecule has 11 heavy (non-hydrogen) atoms. The first-order valence-corrected chi connectivity index (χ1v) is 2.94. The van der Waals surface area contributed by atoms with E-state index in [1.807, 2.05) is 0 Å². The van der Waals surface area contributed by atoms with Crippen molar-refractivity contribution in [1.82, 2.24) is 4.98 Å². The lowest BCUT2D eigenvalue weighted by Gasteiger charge is -1.95. The fourth-order valence-electron chi connectivity index (χ4n) is 0.596. The third-order valence-corrected chi connectivity index (χ3v) is 1.02. The average Bonchev–Trinajstić information content (AvgIpc) is 2.06. The van der Waals surface area contributed by atoms with Gasteiger partial charge in [0.1, 0.15) is 0 Å². The number of carbonyl (C=O) groups is 1. The van der Waals surface area contributed by atoms with E-state index in [1.54, 1.807) is 18.3 Å². The Morgan fingerprint density at radius 3 is 3.09 bits per heavy atom. The van der Waals surface area contributed by atoms with Crippen molar-refractivity contribution in [2.24, 2.45) is 0 Å². The Morgan fingerprint density at radius 1 is 1.73 bits per heavy atom. The van der Waals surface area contributed by atoms with Crippen molar-refractivity contribution in [1.29, 1.82) is 5.26 Å². The van der Waals surface area contributed by atoms with Crippen LogP contribution in [0, 0.1) is 11.3 Å². The number of nitrogens with one attached hydrogen (secondary N) is 1. The van der Waals surface area contributed by atoms with Gasteiger partial charge in [-0.25, -0.2) is 0 Å². The Labute approximate surface area is 63.5 Å². The number of rotatable bonds is 1. The summed E-state index contributed by atoms with van der Waals surface area (Å²) in [5, 5.41) is 10.4. The van der Waals surface area contributed by atoms with E-state index < -0.39 is 5.91 Å². The number of nitriles is 1. The molecule has 0 aliphatic rings. The Kier molecular flexibility index (Phi) is 2.18. The van der Waals surface area contributed by atoms with Crippen molar-refractivity contribution in [2.45, 2.75) is 0 Å². The van der Waals surface area contributed by atoms with E-state index in [1.165, 1.54) is 12.3 Å². The van der Waals surface area contributed by atoms with Crippen molar-refractivity contribution in [2.75, 3.05) is 5.32 Å². The molecule has 0 aliphatic heterocycles. The Hall–Kier alpha value is -1.89. The van der Waals surface area contributed by atoms with Crippen LogP contribution in [0.3, 0.4) is 0 Å². The van der Waals surface area contributed by atoms with Gasteiger partial charge in [0.05, 0.1) is 11.9 Å². The van der Waals surface area contributed by atoms with E-state index in [0.717, 1.165) is 0 Å². The molecule has 54 valence electrons. The number of hydrogen-bond acceptors (Lipinski definition) is 3. The lowest BCUT2D eigenvalue weighted by molar-refractivity contribution is -0.111. The number of hydrogen-bond donors (Lipinski definition) is 1. The van der Waals surface area contributed by atoms with Gasteiger partial charge in [-0.3, -0.25) is 9.78 Å². The van der Waals surface area contributed by atoms with Gasteiger partial charge in [-0.15, -0.1) is 0 Å². The second-order valence-electron chi connectivity index (χ2n) is 1.81. The highest BCUT2D eigenvalue weighted by atomic mass is 16.1. The summed E-state index contributed by atoms with van der Waals surface area (Å²) in [5.41, 5.74) is 0.527. The lowest BCUT2D eigenvalue weighted by Crippen LogP contribution is -2.07. The van der Waals surface area contributed by atoms with Crippen LogP contribution in [0.2, 0.25) is 0 Å². The van der Waals surface area contributed by atoms with Gasteiger partial charge >= 0.3 is 5.91 Å². The number of carbonyl (C=O) groups excluding carboxylic acids is 1. The molecule has 4 nitrogen and oxygen atoms in total. The molecule has 1 heterocycles. The molecule has 1 aromatic rings. The minimum atomic E-state index is -0.682. The third kappa shape index (κ3) is 2.06. The zero-order valence-electron chi connectivity index (χ0n) is 5.61. The highest BCUT2D eigenvalue weighted by Crippen LogP contribution is 2.00. The van der Waals surface area contributed by atoms with Crippen LogP contribution in [0.25, 0.3) is 0 Å². The fourth-order valence-corrected chi connectivity index (χ4v) is 0.596. The summed E-state index contributed by atoms with van der Waals surface area (Å²) in [6, 6.07) is 4.76. The third-order valence-electron chi connectivity index (χ3n) is 1.02. The first-order valence-electron chi connectivity index (χ1n) is 2.94. The monoisotopic (exact) mass is 147 g/mol. The van der Waals surface area contributed by atoms with Crippen molar-refractivity contribution in [3.63, 3.8) is 0 Å². The quantitative estimate of drug-likeness (QED) is 0.589. The highest BCUT2D eigenvalue weighted by molar-refractivity contribution is 6.02. The normalized spacial score (nSPS) is 8.27. The van der Waals surface area contributed by atoms with Gasteiger partial charge in [0.2, 0.25) is 0 Å². The molecule has 0 aliphatic carbocycles. The van der Waals surface area contributed by atoms with Crippen molar-refractivity contribution in [3.05, 3.63) is 24.5 Å². The van der Waals surface area contributed by atoms with Gasteiger partial charge in [0.25, 0.3) is 0 Å². The van der Waals surface area contributed by atoms with Crippen molar-refractivity contribution in [3.8, 4) is 6.07 Å². The summed E-state index contributed by atoms with van der Waals surface area (Å²) < 4.78 is 0. The smallest absolute Gasteiger partial charge is 0.312 e. The SMILES string of the molecule is N#CC(=O)Nc1cccnc1. The molecule has 0 atom stereocenters. The number of nitrogens with zero attached hydrogens (tertiary/aromatic N) is 2. The maximum atomic E-state index is 10.5. The molecule has 0 fully saturated rings. The molecule has 1 aromatic heterocycles. The second kappa shape index (κ2) is 3.32. The lowest BCUT2D eigenvalue weighted by atomic mass is 10.4. The number of anilines is 1. The van der Waals surface area contributed by atoms with Gasteiger partial charge in [0, 0.05) is 6.20 Å². The number of amides is 1. The Morgan fingerprint density at radius 2 is 2.55 bits per heavy atom. The largest absolute Gasteiger partial charge is 0.326 e. The van der Waals surface area contributed by atoms with E-state index in [2.05, 4.69) is 10.3 Å². The van der Waals surface area contributed by atoms with Crippen molar-refractivity contribution >= 4 is 11.6 Å². The predicted molar refractivity (Wildman–Crippen MR) is 38.5 cm³/mol. The van der Waals surface area contributed by atoms with Gasteiger partial charge in [0.15, 0.2) is 6.07 Å². The van der Waals surface area contributed by atoms with E-state index in [9.17, 15) is 4.79 Å². The molecule has 0 aromatic carbocycles. The summed E-state index contributed by atoms with van der Waals surface area (Å²) in [5.74, 6) is -0.682. The van der Waals surface area contributed by atoms with Gasteiger partial charge in [-0.2, -0.15) is 5.26 Å². The number of pyridine rings is 1. The van der Waals surface area contributed by atoms with E-state index in [0.29, 0.717) is 5.69 Å². The molecule has 4 heteroatoms. The second-order valence-corrected chi connectivity index (χ2v) is 1.81. The van der Waals surface area contributed by atoms with Gasteiger partial charge < -0.3 is 5.32 Å².